The number of carboxylic acids is 1. The van der Waals surface area contributed by atoms with Crippen molar-refractivity contribution in [3.63, 3.8) is 0 Å². The Labute approximate surface area is 153 Å². The first-order valence-electron chi connectivity index (χ1n) is 10.1. The van der Waals surface area contributed by atoms with E-state index < -0.39 is 12.1 Å². The highest BCUT2D eigenvalue weighted by atomic mass is 16.8. The van der Waals surface area contributed by atoms with Crippen LogP contribution in [-0.4, -0.2) is 29.9 Å². The van der Waals surface area contributed by atoms with Crippen LogP contribution in [-0.2, 0) is 14.3 Å². The molecule has 1 unspecified atom stereocenters. The summed E-state index contributed by atoms with van der Waals surface area (Å²) in [6.45, 7) is 4.44. The Morgan fingerprint density at radius 2 is 1.36 bits per heavy atom. The van der Waals surface area contributed by atoms with Gasteiger partial charge in [0.15, 0.2) is 0 Å². The second-order valence-electron chi connectivity index (χ2n) is 6.88. The molecule has 148 valence electrons. The third kappa shape index (κ3) is 18.9. The van der Waals surface area contributed by atoms with Crippen LogP contribution >= 0.6 is 0 Å². The van der Waals surface area contributed by atoms with E-state index in [0.717, 1.165) is 12.8 Å². The summed E-state index contributed by atoms with van der Waals surface area (Å²) in [5.41, 5.74) is 0. The summed E-state index contributed by atoms with van der Waals surface area (Å²) >= 11 is 0. The lowest BCUT2D eigenvalue weighted by molar-refractivity contribution is -0.137. The van der Waals surface area contributed by atoms with E-state index in [4.69, 9.17) is 5.11 Å². The minimum Gasteiger partial charge on any atom is -0.481 e. The van der Waals surface area contributed by atoms with Crippen molar-refractivity contribution in [2.75, 3.05) is 6.61 Å². The van der Waals surface area contributed by atoms with Crippen LogP contribution in [0.5, 0.6) is 0 Å². The normalized spacial score (nSPS) is 15.9. The van der Waals surface area contributed by atoms with Crippen molar-refractivity contribution in [3.05, 3.63) is 0 Å². The van der Waals surface area contributed by atoms with Crippen LogP contribution in [0.15, 0.2) is 0 Å². The number of carbonyl (C=O) groups is 2. The van der Waals surface area contributed by atoms with Crippen molar-refractivity contribution in [2.45, 2.75) is 110 Å². The molecule has 1 rings (SSSR count). The van der Waals surface area contributed by atoms with Gasteiger partial charge in [0.05, 0.1) is 0 Å². The average Bonchev–Trinajstić information content (AvgIpc) is 2.95. The van der Waals surface area contributed by atoms with Crippen molar-refractivity contribution in [1.82, 2.24) is 0 Å². The van der Waals surface area contributed by atoms with E-state index in [1.807, 2.05) is 0 Å². The fraction of sp³-hybridized carbons (Fsp3) is 0.900. The number of ether oxygens (including phenoxy) is 2. The van der Waals surface area contributed by atoms with Crippen molar-refractivity contribution in [3.8, 4) is 0 Å². The van der Waals surface area contributed by atoms with E-state index in [1.165, 1.54) is 70.6 Å². The lowest BCUT2D eigenvalue weighted by atomic mass is 10.0. The van der Waals surface area contributed by atoms with Crippen LogP contribution in [0.3, 0.4) is 0 Å². The summed E-state index contributed by atoms with van der Waals surface area (Å²) in [6, 6.07) is 0. The van der Waals surface area contributed by atoms with Crippen molar-refractivity contribution in [1.29, 1.82) is 0 Å². The van der Waals surface area contributed by atoms with Crippen molar-refractivity contribution in [2.24, 2.45) is 0 Å². The number of unbranched alkanes of at least 4 members (excludes halogenated alkanes) is 12. The number of hydrogen-bond donors (Lipinski definition) is 1. The van der Waals surface area contributed by atoms with Gasteiger partial charge < -0.3 is 14.6 Å². The predicted octanol–water partition coefficient (Wildman–Crippen LogP) is 6.09. The second kappa shape index (κ2) is 17.6. The largest absolute Gasteiger partial charge is 0.508 e. The molecule has 1 N–H and O–H groups in total. The Morgan fingerprint density at radius 3 is 1.64 bits per heavy atom. The summed E-state index contributed by atoms with van der Waals surface area (Å²) in [4.78, 5) is 20.3. The van der Waals surface area contributed by atoms with Crippen molar-refractivity contribution >= 4 is 12.1 Å². The molecule has 1 aliphatic rings. The molecule has 1 fully saturated rings. The first-order chi connectivity index (χ1) is 12.1. The van der Waals surface area contributed by atoms with E-state index >= 15 is 0 Å². The molecule has 1 heterocycles. The molecule has 0 aromatic carbocycles. The lowest BCUT2D eigenvalue weighted by Crippen LogP contribution is -2.01. The van der Waals surface area contributed by atoms with Gasteiger partial charge in [0.1, 0.15) is 12.7 Å². The Bertz CT molecular complexity index is 330. The van der Waals surface area contributed by atoms with E-state index in [0.29, 0.717) is 13.0 Å². The molecular weight excluding hydrogens is 320 g/mol. The first kappa shape index (κ1) is 23.7. The Kier molecular flexibility index (Phi) is 16.7. The van der Waals surface area contributed by atoms with Crippen LogP contribution in [0, 0.1) is 0 Å². The summed E-state index contributed by atoms with van der Waals surface area (Å²) in [5.74, 6) is -0.655. The lowest BCUT2D eigenvalue weighted by Gasteiger charge is -2.02. The molecule has 1 atom stereocenters. The van der Waals surface area contributed by atoms with Gasteiger partial charge in [-0.3, -0.25) is 4.79 Å². The molecule has 1 saturated heterocycles. The SMILES string of the molecule is CC1COC(=O)O1.CCCCCCCCCCCCCCCC(=O)O. The zero-order valence-corrected chi connectivity index (χ0v) is 16.3. The monoisotopic (exact) mass is 358 g/mol. The zero-order valence-electron chi connectivity index (χ0n) is 16.3. The zero-order chi connectivity index (χ0) is 18.8. The van der Waals surface area contributed by atoms with Crippen LogP contribution in [0.1, 0.15) is 104 Å². The minimum absolute atomic E-state index is 0.0486. The molecule has 1 aliphatic heterocycles. The molecular formula is C20H38O5. The van der Waals surface area contributed by atoms with Crippen LogP contribution in [0.2, 0.25) is 0 Å². The molecule has 0 radical (unpaired) electrons. The van der Waals surface area contributed by atoms with Crippen LogP contribution in [0.25, 0.3) is 0 Å². The fourth-order valence-corrected chi connectivity index (χ4v) is 2.71. The van der Waals surface area contributed by atoms with Crippen molar-refractivity contribution < 1.29 is 24.2 Å². The maximum Gasteiger partial charge on any atom is 0.508 e. The van der Waals surface area contributed by atoms with Gasteiger partial charge in [-0.2, -0.15) is 0 Å². The summed E-state index contributed by atoms with van der Waals surface area (Å²) in [5, 5.41) is 8.49. The molecule has 0 saturated carbocycles. The topological polar surface area (TPSA) is 72.8 Å². The number of carbonyl (C=O) groups excluding carboxylic acids is 1. The average molecular weight is 359 g/mol. The number of aliphatic carboxylic acids is 1. The van der Waals surface area contributed by atoms with Gasteiger partial charge in [-0.25, -0.2) is 4.79 Å². The number of hydrogen-bond acceptors (Lipinski definition) is 4. The molecule has 0 bridgehead atoms. The van der Waals surface area contributed by atoms with Gasteiger partial charge in [0, 0.05) is 6.42 Å². The molecule has 0 aliphatic carbocycles. The quantitative estimate of drug-likeness (QED) is 0.300. The molecule has 0 spiro atoms. The highest BCUT2D eigenvalue weighted by Gasteiger charge is 2.19. The molecule has 0 aromatic heterocycles. The summed E-state index contributed by atoms with van der Waals surface area (Å²) in [6.07, 6.45) is 16.7. The number of cyclic esters (lactones) is 2. The van der Waals surface area contributed by atoms with E-state index in [2.05, 4.69) is 16.4 Å². The highest BCUT2D eigenvalue weighted by Crippen LogP contribution is 2.12. The Morgan fingerprint density at radius 1 is 0.920 bits per heavy atom. The van der Waals surface area contributed by atoms with E-state index in [-0.39, 0.29) is 6.10 Å². The molecule has 5 nitrogen and oxygen atoms in total. The number of rotatable bonds is 14. The maximum atomic E-state index is 10.3. The summed E-state index contributed by atoms with van der Waals surface area (Å²) in [7, 11) is 0. The summed E-state index contributed by atoms with van der Waals surface area (Å²) < 4.78 is 8.90. The molecule has 0 amide bonds. The Hall–Kier alpha value is -1.26. The third-order valence-electron chi connectivity index (χ3n) is 4.23. The second-order valence-corrected chi connectivity index (χ2v) is 6.88. The minimum atomic E-state index is -0.655. The predicted molar refractivity (Wildman–Crippen MR) is 99.8 cm³/mol. The fourth-order valence-electron chi connectivity index (χ4n) is 2.71. The van der Waals surface area contributed by atoms with Gasteiger partial charge in [-0.15, -0.1) is 0 Å². The van der Waals surface area contributed by atoms with E-state index in [1.54, 1.807) is 6.92 Å². The van der Waals surface area contributed by atoms with Gasteiger partial charge in [0.2, 0.25) is 0 Å². The van der Waals surface area contributed by atoms with Gasteiger partial charge in [-0.05, 0) is 13.3 Å². The highest BCUT2D eigenvalue weighted by molar-refractivity contribution is 5.66. The van der Waals surface area contributed by atoms with Gasteiger partial charge in [0.25, 0.3) is 0 Å². The Balaban J connectivity index is 0.000000676. The van der Waals surface area contributed by atoms with E-state index in [9.17, 15) is 9.59 Å². The third-order valence-corrected chi connectivity index (χ3v) is 4.23. The molecule has 25 heavy (non-hydrogen) atoms. The van der Waals surface area contributed by atoms with Gasteiger partial charge >= 0.3 is 12.1 Å². The standard InChI is InChI=1S/C16H32O2.C4H6O3/c1-2-3-4-5-6-7-8-9-10-11-12-13-14-15-16(17)18;1-3-2-6-4(5)7-3/h2-15H2,1H3,(H,17,18);3H,2H2,1H3. The first-order valence-corrected chi connectivity index (χ1v) is 10.1. The maximum absolute atomic E-state index is 10.3. The van der Waals surface area contributed by atoms with Crippen LogP contribution < -0.4 is 0 Å². The van der Waals surface area contributed by atoms with Crippen LogP contribution in [0.4, 0.5) is 4.79 Å². The number of carboxylic acid groups (broad SMARTS) is 1. The molecule has 5 heteroatoms. The smallest absolute Gasteiger partial charge is 0.481 e. The van der Waals surface area contributed by atoms with Gasteiger partial charge in [-0.1, -0.05) is 84.0 Å². The molecule has 0 aromatic rings.